The first-order valence-electron chi connectivity index (χ1n) is 6.79. The summed E-state index contributed by atoms with van der Waals surface area (Å²) < 4.78 is 0. The van der Waals surface area contributed by atoms with Gasteiger partial charge in [-0.05, 0) is 13.0 Å². The molecule has 1 fully saturated rings. The zero-order chi connectivity index (χ0) is 13.0. The van der Waals surface area contributed by atoms with Crippen molar-refractivity contribution >= 4 is 11.3 Å². The Labute approximate surface area is 113 Å². The Morgan fingerprint density at radius 3 is 2.33 bits per heavy atom. The SMILES string of the molecule is CCc1nc(CN2CCN(CC)CC2)sc1CO. The number of nitrogens with zero attached hydrogens (tertiary/aromatic N) is 3. The lowest BCUT2D eigenvalue weighted by molar-refractivity contribution is 0.132. The summed E-state index contributed by atoms with van der Waals surface area (Å²) in [4.78, 5) is 10.6. The van der Waals surface area contributed by atoms with Crippen LogP contribution in [0.3, 0.4) is 0 Å². The largest absolute Gasteiger partial charge is 0.391 e. The molecule has 5 heteroatoms. The number of thiazole rings is 1. The molecular formula is C13H23N3OS. The average Bonchev–Trinajstić information content (AvgIpc) is 2.81. The Hall–Kier alpha value is -0.490. The number of rotatable bonds is 5. The first-order valence-corrected chi connectivity index (χ1v) is 7.61. The van der Waals surface area contributed by atoms with Crippen LogP contribution in [0.15, 0.2) is 0 Å². The summed E-state index contributed by atoms with van der Waals surface area (Å²) in [7, 11) is 0. The first-order chi connectivity index (χ1) is 8.76. The van der Waals surface area contributed by atoms with Crippen molar-refractivity contribution in [1.82, 2.24) is 14.8 Å². The molecule has 0 radical (unpaired) electrons. The molecule has 1 saturated heterocycles. The van der Waals surface area contributed by atoms with E-state index in [4.69, 9.17) is 0 Å². The van der Waals surface area contributed by atoms with E-state index in [-0.39, 0.29) is 6.61 Å². The van der Waals surface area contributed by atoms with Crippen LogP contribution in [0.5, 0.6) is 0 Å². The van der Waals surface area contributed by atoms with Crippen molar-refractivity contribution in [1.29, 1.82) is 0 Å². The summed E-state index contributed by atoms with van der Waals surface area (Å²) in [6.07, 6.45) is 0.913. The fraction of sp³-hybridized carbons (Fsp3) is 0.769. The molecule has 0 saturated carbocycles. The van der Waals surface area contributed by atoms with Gasteiger partial charge in [-0.1, -0.05) is 13.8 Å². The molecular weight excluding hydrogens is 246 g/mol. The summed E-state index contributed by atoms with van der Waals surface area (Å²) in [5.74, 6) is 0. The smallest absolute Gasteiger partial charge is 0.107 e. The van der Waals surface area contributed by atoms with E-state index >= 15 is 0 Å². The first kappa shape index (κ1) is 13.9. The molecule has 0 unspecified atom stereocenters. The highest BCUT2D eigenvalue weighted by Crippen LogP contribution is 2.21. The van der Waals surface area contributed by atoms with Gasteiger partial charge in [-0.2, -0.15) is 0 Å². The highest BCUT2D eigenvalue weighted by molar-refractivity contribution is 7.11. The van der Waals surface area contributed by atoms with Gasteiger partial charge in [0.1, 0.15) is 5.01 Å². The number of aliphatic hydroxyl groups excluding tert-OH is 1. The predicted molar refractivity (Wildman–Crippen MR) is 74.8 cm³/mol. The summed E-state index contributed by atoms with van der Waals surface area (Å²) in [6.45, 7) is 11.1. The van der Waals surface area contributed by atoms with Gasteiger partial charge in [0.2, 0.25) is 0 Å². The molecule has 2 heterocycles. The lowest BCUT2D eigenvalue weighted by Crippen LogP contribution is -2.45. The van der Waals surface area contributed by atoms with Gasteiger partial charge in [-0.15, -0.1) is 11.3 Å². The topological polar surface area (TPSA) is 39.6 Å². The van der Waals surface area contributed by atoms with Crippen LogP contribution in [0.2, 0.25) is 0 Å². The maximum Gasteiger partial charge on any atom is 0.107 e. The van der Waals surface area contributed by atoms with E-state index in [1.165, 1.54) is 0 Å². The van der Waals surface area contributed by atoms with Gasteiger partial charge in [-0.3, -0.25) is 4.90 Å². The number of piperazine rings is 1. The lowest BCUT2D eigenvalue weighted by Gasteiger charge is -2.33. The second-order valence-electron chi connectivity index (χ2n) is 4.70. The van der Waals surface area contributed by atoms with E-state index in [0.717, 1.165) is 61.3 Å². The second kappa shape index (κ2) is 6.61. The van der Waals surface area contributed by atoms with E-state index in [9.17, 15) is 5.11 Å². The minimum absolute atomic E-state index is 0.129. The van der Waals surface area contributed by atoms with Crippen LogP contribution < -0.4 is 0 Å². The van der Waals surface area contributed by atoms with Crippen LogP contribution in [0, 0.1) is 0 Å². The third-order valence-corrected chi connectivity index (χ3v) is 4.64. The average molecular weight is 269 g/mol. The molecule has 18 heavy (non-hydrogen) atoms. The van der Waals surface area contributed by atoms with Crippen LogP contribution in [0.25, 0.3) is 0 Å². The Morgan fingerprint density at radius 2 is 1.83 bits per heavy atom. The molecule has 1 aromatic heterocycles. The molecule has 0 aromatic carbocycles. The molecule has 1 N–H and O–H groups in total. The van der Waals surface area contributed by atoms with Crippen molar-refractivity contribution in [2.75, 3.05) is 32.7 Å². The Morgan fingerprint density at radius 1 is 1.17 bits per heavy atom. The highest BCUT2D eigenvalue weighted by atomic mass is 32.1. The van der Waals surface area contributed by atoms with Gasteiger partial charge >= 0.3 is 0 Å². The molecule has 0 aliphatic carbocycles. The summed E-state index contributed by atoms with van der Waals surface area (Å²) >= 11 is 1.67. The van der Waals surface area contributed by atoms with Crippen molar-refractivity contribution < 1.29 is 5.11 Å². The molecule has 0 bridgehead atoms. The molecule has 4 nitrogen and oxygen atoms in total. The Kier molecular flexibility index (Phi) is 5.12. The van der Waals surface area contributed by atoms with E-state index < -0.39 is 0 Å². The second-order valence-corrected chi connectivity index (χ2v) is 5.87. The molecule has 0 amide bonds. The maximum atomic E-state index is 9.29. The monoisotopic (exact) mass is 269 g/mol. The van der Waals surface area contributed by atoms with Crippen molar-refractivity contribution in [2.24, 2.45) is 0 Å². The summed E-state index contributed by atoms with van der Waals surface area (Å²) in [5, 5.41) is 10.4. The van der Waals surface area contributed by atoms with Gasteiger partial charge in [0, 0.05) is 26.2 Å². The molecule has 1 aromatic rings. The van der Waals surface area contributed by atoms with E-state index in [2.05, 4.69) is 28.6 Å². The fourth-order valence-electron chi connectivity index (χ4n) is 2.36. The number of aliphatic hydroxyl groups is 1. The maximum absolute atomic E-state index is 9.29. The Balaban J connectivity index is 1.91. The normalized spacial score (nSPS) is 18.4. The number of aryl methyl sites for hydroxylation is 1. The van der Waals surface area contributed by atoms with Crippen molar-refractivity contribution in [3.63, 3.8) is 0 Å². The number of aromatic nitrogens is 1. The molecule has 0 spiro atoms. The fourth-order valence-corrected chi connectivity index (χ4v) is 3.42. The third kappa shape index (κ3) is 3.29. The zero-order valence-electron chi connectivity index (χ0n) is 11.4. The molecule has 1 aliphatic heterocycles. The van der Waals surface area contributed by atoms with Crippen LogP contribution in [0.1, 0.15) is 29.4 Å². The zero-order valence-corrected chi connectivity index (χ0v) is 12.2. The van der Waals surface area contributed by atoms with E-state index in [1.54, 1.807) is 11.3 Å². The standard InChI is InChI=1S/C13H23N3OS/c1-3-11-12(10-17)18-13(14-11)9-16-7-5-15(4-2)6-8-16/h17H,3-10H2,1-2H3. The Bertz CT molecular complexity index is 351. The van der Waals surface area contributed by atoms with Crippen LogP contribution in [0.4, 0.5) is 0 Å². The summed E-state index contributed by atoms with van der Waals surface area (Å²) in [6, 6.07) is 0. The van der Waals surface area contributed by atoms with Crippen LogP contribution in [-0.2, 0) is 19.6 Å². The van der Waals surface area contributed by atoms with E-state index in [0.29, 0.717) is 0 Å². The lowest BCUT2D eigenvalue weighted by atomic mass is 10.3. The van der Waals surface area contributed by atoms with Gasteiger partial charge in [0.25, 0.3) is 0 Å². The number of likely N-dealkylation sites (N-methyl/N-ethyl adjacent to an activating group) is 1. The van der Waals surface area contributed by atoms with Gasteiger partial charge in [0.05, 0.1) is 23.7 Å². The van der Waals surface area contributed by atoms with Crippen LogP contribution >= 0.6 is 11.3 Å². The highest BCUT2D eigenvalue weighted by Gasteiger charge is 2.17. The molecule has 0 atom stereocenters. The molecule has 102 valence electrons. The third-order valence-electron chi connectivity index (χ3n) is 3.57. The van der Waals surface area contributed by atoms with E-state index in [1.807, 2.05) is 0 Å². The number of hydrogen-bond acceptors (Lipinski definition) is 5. The molecule has 2 rings (SSSR count). The minimum Gasteiger partial charge on any atom is -0.391 e. The van der Waals surface area contributed by atoms with Crippen molar-refractivity contribution in [2.45, 2.75) is 33.4 Å². The van der Waals surface area contributed by atoms with Crippen LogP contribution in [-0.4, -0.2) is 52.6 Å². The minimum atomic E-state index is 0.129. The van der Waals surface area contributed by atoms with Gasteiger partial charge in [-0.25, -0.2) is 4.98 Å². The van der Waals surface area contributed by atoms with Gasteiger partial charge in [0.15, 0.2) is 0 Å². The predicted octanol–water partition coefficient (Wildman–Crippen LogP) is 1.34. The molecule has 1 aliphatic rings. The number of hydrogen-bond donors (Lipinski definition) is 1. The van der Waals surface area contributed by atoms with Gasteiger partial charge < -0.3 is 10.0 Å². The quantitative estimate of drug-likeness (QED) is 0.875. The summed E-state index contributed by atoms with van der Waals surface area (Å²) in [5.41, 5.74) is 1.07. The van der Waals surface area contributed by atoms with Crippen molar-refractivity contribution in [3.8, 4) is 0 Å². The van der Waals surface area contributed by atoms with Crippen molar-refractivity contribution in [3.05, 3.63) is 15.6 Å².